The van der Waals surface area contributed by atoms with E-state index in [0.29, 0.717) is 23.5 Å². The highest BCUT2D eigenvalue weighted by molar-refractivity contribution is 6.03. The number of hydrogen-bond donors (Lipinski definition) is 2. The smallest absolute Gasteiger partial charge is 0.258 e. The molecule has 1 aromatic heterocycles. The first kappa shape index (κ1) is 16.7. The van der Waals surface area contributed by atoms with E-state index in [4.69, 9.17) is 9.84 Å². The first-order valence-corrected chi connectivity index (χ1v) is 7.96. The van der Waals surface area contributed by atoms with Crippen molar-refractivity contribution in [1.82, 2.24) is 9.78 Å². The van der Waals surface area contributed by atoms with Crippen LogP contribution in [0, 0.1) is 0 Å². The fraction of sp³-hybridized carbons (Fsp3) is 0.158. The van der Waals surface area contributed by atoms with Gasteiger partial charge in [0.05, 0.1) is 24.9 Å². The van der Waals surface area contributed by atoms with Crippen molar-refractivity contribution in [2.75, 3.05) is 18.5 Å². The number of ether oxygens (including phenoxy) is 1. The lowest BCUT2D eigenvalue weighted by molar-refractivity contribution is 0.102. The Labute approximate surface area is 145 Å². The number of nitrogens with zero attached hydrogens (tertiary/aromatic N) is 2. The molecule has 1 amide bonds. The number of rotatable bonds is 7. The van der Waals surface area contributed by atoms with Gasteiger partial charge in [0.1, 0.15) is 12.4 Å². The third-order valence-corrected chi connectivity index (χ3v) is 3.56. The Morgan fingerprint density at radius 3 is 2.60 bits per heavy atom. The van der Waals surface area contributed by atoms with Crippen LogP contribution >= 0.6 is 0 Å². The zero-order valence-corrected chi connectivity index (χ0v) is 13.6. The lowest BCUT2D eigenvalue weighted by Crippen LogP contribution is -2.11. The molecular weight excluding hydrogens is 318 g/mol. The predicted octanol–water partition coefficient (Wildman–Crippen LogP) is 2.55. The van der Waals surface area contributed by atoms with Crippen LogP contribution in [0.15, 0.2) is 67.0 Å². The van der Waals surface area contributed by atoms with E-state index < -0.39 is 0 Å². The van der Waals surface area contributed by atoms with Crippen LogP contribution in [-0.4, -0.2) is 34.0 Å². The molecule has 0 saturated heterocycles. The van der Waals surface area contributed by atoms with Gasteiger partial charge in [-0.25, -0.2) is 0 Å². The average Bonchev–Trinajstić information content (AvgIpc) is 3.11. The molecule has 0 radical (unpaired) electrons. The SMILES string of the molecule is O=C(Nc1ccc(OCCO)cc1)c1cnn(Cc2ccccc2)c1. The van der Waals surface area contributed by atoms with Gasteiger partial charge in [-0.15, -0.1) is 0 Å². The summed E-state index contributed by atoms with van der Waals surface area (Å²) >= 11 is 0. The molecule has 0 aliphatic carbocycles. The van der Waals surface area contributed by atoms with Crippen molar-refractivity contribution in [3.8, 4) is 5.75 Å². The van der Waals surface area contributed by atoms with E-state index in [9.17, 15) is 4.79 Å². The van der Waals surface area contributed by atoms with Crippen molar-refractivity contribution < 1.29 is 14.6 Å². The van der Waals surface area contributed by atoms with Crippen LogP contribution in [-0.2, 0) is 6.54 Å². The van der Waals surface area contributed by atoms with Crippen molar-refractivity contribution >= 4 is 11.6 Å². The minimum atomic E-state index is -0.219. The second-order valence-electron chi connectivity index (χ2n) is 5.46. The summed E-state index contributed by atoms with van der Waals surface area (Å²) in [6, 6.07) is 16.9. The summed E-state index contributed by atoms with van der Waals surface area (Å²) in [5.41, 5.74) is 2.28. The number of anilines is 1. The summed E-state index contributed by atoms with van der Waals surface area (Å²) in [4.78, 5) is 12.3. The molecule has 0 atom stereocenters. The Hall–Kier alpha value is -3.12. The predicted molar refractivity (Wildman–Crippen MR) is 94.7 cm³/mol. The standard InChI is InChI=1S/C19H19N3O3/c23-10-11-25-18-8-6-17(7-9-18)21-19(24)16-12-20-22(14-16)13-15-4-2-1-3-5-15/h1-9,12,14,23H,10-11,13H2,(H,21,24). The minimum Gasteiger partial charge on any atom is -0.491 e. The van der Waals surface area contributed by atoms with Crippen LogP contribution in [0.3, 0.4) is 0 Å². The van der Waals surface area contributed by atoms with Gasteiger partial charge in [0.15, 0.2) is 0 Å². The largest absolute Gasteiger partial charge is 0.491 e. The highest BCUT2D eigenvalue weighted by Crippen LogP contribution is 2.16. The van der Waals surface area contributed by atoms with Crippen molar-refractivity contribution in [3.63, 3.8) is 0 Å². The third kappa shape index (κ3) is 4.68. The molecule has 6 nitrogen and oxygen atoms in total. The molecule has 1 heterocycles. The fourth-order valence-corrected chi connectivity index (χ4v) is 2.34. The quantitative estimate of drug-likeness (QED) is 0.695. The summed E-state index contributed by atoms with van der Waals surface area (Å²) in [5, 5.41) is 15.8. The summed E-state index contributed by atoms with van der Waals surface area (Å²) < 4.78 is 7.02. The maximum atomic E-state index is 12.3. The molecule has 0 bridgehead atoms. The van der Waals surface area contributed by atoms with E-state index in [1.807, 2.05) is 30.3 Å². The molecule has 0 spiro atoms. The Balaban J connectivity index is 1.60. The second-order valence-corrected chi connectivity index (χ2v) is 5.46. The third-order valence-electron chi connectivity index (χ3n) is 3.56. The Bertz CT molecular complexity index is 813. The molecule has 0 unspecified atom stereocenters. The summed E-state index contributed by atoms with van der Waals surface area (Å²) in [6.45, 7) is 0.822. The lowest BCUT2D eigenvalue weighted by atomic mass is 10.2. The molecule has 128 valence electrons. The van der Waals surface area contributed by atoms with Gasteiger partial charge < -0.3 is 15.2 Å². The molecule has 0 aliphatic rings. The maximum Gasteiger partial charge on any atom is 0.258 e. The number of aromatic nitrogens is 2. The second kappa shape index (κ2) is 8.12. The zero-order chi connectivity index (χ0) is 17.5. The number of carbonyl (C=O) groups is 1. The molecule has 3 rings (SSSR count). The van der Waals surface area contributed by atoms with Crippen LogP contribution < -0.4 is 10.1 Å². The van der Waals surface area contributed by atoms with E-state index in [2.05, 4.69) is 10.4 Å². The topological polar surface area (TPSA) is 76.4 Å². The Morgan fingerprint density at radius 1 is 1.12 bits per heavy atom. The van der Waals surface area contributed by atoms with Gasteiger partial charge in [-0.2, -0.15) is 5.10 Å². The van der Waals surface area contributed by atoms with Crippen LogP contribution in [0.5, 0.6) is 5.75 Å². The summed E-state index contributed by atoms with van der Waals surface area (Å²) in [5.74, 6) is 0.422. The molecule has 2 aromatic carbocycles. The van der Waals surface area contributed by atoms with Crippen LogP contribution in [0.25, 0.3) is 0 Å². The zero-order valence-electron chi connectivity index (χ0n) is 13.6. The number of amides is 1. The van der Waals surface area contributed by atoms with Gasteiger partial charge in [-0.05, 0) is 29.8 Å². The minimum absolute atomic E-state index is 0.0363. The van der Waals surface area contributed by atoms with Gasteiger partial charge in [0.25, 0.3) is 5.91 Å². The van der Waals surface area contributed by atoms with Crippen molar-refractivity contribution in [3.05, 3.63) is 78.1 Å². The number of nitrogens with one attached hydrogen (secondary N) is 1. The van der Waals surface area contributed by atoms with Gasteiger partial charge in [-0.1, -0.05) is 30.3 Å². The molecule has 0 fully saturated rings. The van der Waals surface area contributed by atoms with Crippen molar-refractivity contribution in [2.24, 2.45) is 0 Å². The molecule has 2 N–H and O–H groups in total. The van der Waals surface area contributed by atoms with E-state index in [1.165, 1.54) is 0 Å². The van der Waals surface area contributed by atoms with Gasteiger partial charge in [0, 0.05) is 11.9 Å². The number of carbonyl (C=O) groups excluding carboxylic acids is 1. The normalized spacial score (nSPS) is 10.4. The maximum absolute atomic E-state index is 12.3. The van der Waals surface area contributed by atoms with Gasteiger partial charge in [-0.3, -0.25) is 9.48 Å². The lowest BCUT2D eigenvalue weighted by Gasteiger charge is -2.06. The highest BCUT2D eigenvalue weighted by Gasteiger charge is 2.09. The molecule has 6 heteroatoms. The molecule has 3 aromatic rings. The monoisotopic (exact) mass is 337 g/mol. The van der Waals surface area contributed by atoms with E-state index in [0.717, 1.165) is 5.56 Å². The molecule has 0 saturated carbocycles. The first-order valence-electron chi connectivity index (χ1n) is 7.96. The fourth-order valence-electron chi connectivity index (χ4n) is 2.34. The van der Waals surface area contributed by atoms with Crippen molar-refractivity contribution in [2.45, 2.75) is 6.54 Å². The van der Waals surface area contributed by atoms with Crippen molar-refractivity contribution in [1.29, 1.82) is 0 Å². The summed E-state index contributed by atoms with van der Waals surface area (Å²) in [6.07, 6.45) is 3.28. The molecule has 0 aliphatic heterocycles. The van der Waals surface area contributed by atoms with Crippen LogP contribution in [0.4, 0.5) is 5.69 Å². The number of aliphatic hydroxyl groups excluding tert-OH is 1. The van der Waals surface area contributed by atoms with Crippen LogP contribution in [0.1, 0.15) is 15.9 Å². The number of aliphatic hydroxyl groups is 1. The first-order chi connectivity index (χ1) is 12.2. The van der Waals surface area contributed by atoms with E-state index >= 15 is 0 Å². The average molecular weight is 337 g/mol. The Kier molecular flexibility index (Phi) is 5.43. The van der Waals surface area contributed by atoms with Crippen LogP contribution in [0.2, 0.25) is 0 Å². The Morgan fingerprint density at radius 2 is 1.88 bits per heavy atom. The number of benzene rings is 2. The van der Waals surface area contributed by atoms with E-state index in [-0.39, 0.29) is 19.1 Å². The van der Waals surface area contributed by atoms with Gasteiger partial charge >= 0.3 is 0 Å². The van der Waals surface area contributed by atoms with E-state index in [1.54, 1.807) is 41.3 Å². The summed E-state index contributed by atoms with van der Waals surface area (Å²) in [7, 11) is 0. The van der Waals surface area contributed by atoms with Gasteiger partial charge in [0.2, 0.25) is 0 Å². The molecular formula is C19H19N3O3. The highest BCUT2D eigenvalue weighted by atomic mass is 16.5. The molecule has 25 heavy (non-hydrogen) atoms. The number of hydrogen-bond acceptors (Lipinski definition) is 4.